The lowest BCUT2D eigenvalue weighted by Gasteiger charge is -1.95. The quantitative estimate of drug-likeness (QED) is 0.473. The molecular weight excluding hydrogens is 169 g/mol. The van der Waals surface area contributed by atoms with E-state index in [1.165, 1.54) is 0 Å². The SMILES string of the molecule is O=Cc1c(F)c(F)c2c(c1F)C2. The first-order chi connectivity index (χ1) is 5.66. The number of carbonyl (C=O) groups excluding carboxylic acids is 1. The molecule has 0 atom stereocenters. The largest absolute Gasteiger partial charge is 0.298 e. The molecule has 0 radical (unpaired) electrons. The highest BCUT2D eigenvalue weighted by Crippen LogP contribution is 2.36. The van der Waals surface area contributed by atoms with Crippen molar-refractivity contribution in [2.45, 2.75) is 6.42 Å². The first-order valence-electron chi connectivity index (χ1n) is 3.30. The van der Waals surface area contributed by atoms with Crippen molar-refractivity contribution in [2.24, 2.45) is 0 Å². The second kappa shape index (κ2) is 2.09. The zero-order valence-corrected chi connectivity index (χ0v) is 5.83. The van der Waals surface area contributed by atoms with Gasteiger partial charge in [0.25, 0.3) is 0 Å². The Hall–Kier alpha value is -1.32. The van der Waals surface area contributed by atoms with Crippen molar-refractivity contribution in [1.82, 2.24) is 0 Å². The van der Waals surface area contributed by atoms with Crippen LogP contribution in [0, 0.1) is 17.5 Å². The Morgan fingerprint density at radius 3 is 2.17 bits per heavy atom. The Morgan fingerprint density at radius 1 is 1.00 bits per heavy atom. The lowest BCUT2D eigenvalue weighted by molar-refractivity contribution is 0.111. The molecule has 4 heteroatoms. The van der Waals surface area contributed by atoms with Crippen LogP contribution in [-0.4, -0.2) is 6.29 Å². The van der Waals surface area contributed by atoms with Gasteiger partial charge in [-0.05, 0) is 5.56 Å². The molecule has 0 unspecified atom stereocenters. The average Bonchev–Trinajstić information content (AvgIpc) is 2.81. The van der Waals surface area contributed by atoms with Crippen molar-refractivity contribution in [3.05, 3.63) is 34.1 Å². The van der Waals surface area contributed by atoms with Gasteiger partial charge in [0, 0.05) is 12.0 Å². The van der Waals surface area contributed by atoms with Crippen LogP contribution in [0.1, 0.15) is 21.5 Å². The summed E-state index contributed by atoms with van der Waals surface area (Å²) in [4.78, 5) is 10.1. The van der Waals surface area contributed by atoms with Gasteiger partial charge in [0.15, 0.2) is 17.9 Å². The highest BCUT2D eigenvalue weighted by molar-refractivity contribution is 5.78. The minimum atomic E-state index is -1.38. The molecule has 1 aliphatic carbocycles. The molecule has 0 N–H and O–H groups in total. The van der Waals surface area contributed by atoms with Gasteiger partial charge in [0.05, 0.1) is 5.56 Å². The van der Waals surface area contributed by atoms with Crippen LogP contribution in [0.15, 0.2) is 0 Å². The molecule has 1 nitrogen and oxygen atoms in total. The zero-order valence-electron chi connectivity index (χ0n) is 5.83. The van der Waals surface area contributed by atoms with Crippen molar-refractivity contribution in [3.8, 4) is 0 Å². The molecule has 1 aliphatic rings. The van der Waals surface area contributed by atoms with E-state index in [0.717, 1.165) is 0 Å². The van der Waals surface area contributed by atoms with Crippen LogP contribution in [0.25, 0.3) is 0 Å². The van der Waals surface area contributed by atoms with Gasteiger partial charge in [0.2, 0.25) is 0 Å². The maximum absolute atomic E-state index is 12.9. The average molecular weight is 172 g/mol. The molecule has 0 fully saturated rings. The third kappa shape index (κ3) is 0.719. The molecule has 0 spiro atoms. The maximum atomic E-state index is 12.9. The summed E-state index contributed by atoms with van der Waals surface area (Å²) in [6.07, 6.45) is 0.106. The molecular formula is C8H3F3O. The molecule has 2 rings (SSSR count). The number of rotatable bonds is 1. The Balaban J connectivity index is 2.78. The van der Waals surface area contributed by atoms with E-state index in [9.17, 15) is 18.0 Å². The van der Waals surface area contributed by atoms with Crippen molar-refractivity contribution in [1.29, 1.82) is 0 Å². The van der Waals surface area contributed by atoms with Crippen molar-refractivity contribution >= 4 is 6.29 Å². The first-order valence-corrected chi connectivity index (χ1v) is 3.30. The summed E-state index contributed by atoms with van der Waals surface area (Å²) in [5.41, 5.74) is -0.629. The Labute approximate surface area is 65.8 Å². The summed E-state index contributed by atoms with van der Waals surface area (Å²) >= 11 is 0. The summed E-state index contributed by atoms with van der Waals surface area (Å²) in [5.74, 6) is -3.38. The smallest absolute Gasteiger partial charge is 0.172 e. The molecule has 12 heavy (non-hydrogen) atoms. The Kier molecular flexibility index (Phi) is 1.28. The third-order valence-electron chi connectivity index (χ3n) is 1.91. The zero-order chi connectivity index (χ0) is 8.88. The van der Waals surface area contributed by atoms with Gasteiger partial charge in [-0.25, -0.2) is 13.2 Å². The minimum Gasteiger partial charge on any atom is -0.298 e. The number of halogens is 3. The predicted octanol–water partition coefficient (Wildman–Crippen LogP) is 1.82. The van der Waals surface area contributed by atoms with E-state index in [-0.39, 0.29) is 23.8 Å². The molecule has 0 aliphatic heterocycles. The molecule has 0 heterocycles. The summed E-state index contributed by atoms with van der Waals surface area (Å²) in [6, 6.07) is 0. The fourth-order valence-electron chi connectivity index (χ4n) is 1.17. The van der Waals surface area contributed by atoms with Gasteiger partial charge in [-0.3, -0.25) is 4.79 Å². The van der Waals surface area contributed by atoms with Gasteiger partial charge < -0.3 is 0 Å². The summed E-state index contributed by atoms with van der Waals surface area (Å²) in [7, 11) is 0. The maximum Gasteiger partial charge on any atom is 0.172 e. The van der Waals surface area contributed by atoms with Gasteiger partial charge in [-0.15, -0.1) is 0 Å². The monoisotopic (exact) mass is 172 g/mol. The van der Waals surface area contributed by atoms with Crippen molar-refractivity contribution in [3.63, 3.8) is 0 Å². The van der Waals surface area contributed by atoms with E-state index in [1.54, 1.807) is 0 Å². The lowest BCUT2D eigenvalue weighted by Crippen LogP contribution is -1.96. The number of aldehydes is 1. The highest BCUT2D eigenvalue weighted by atomic mass is 19.2. The van der Waals surface area contributed by atoms with Gasteiger partial charge >= 0.3 is 0 Å². The van der Waals surface area contributed by atoms with E-state index in [1.807, 2.05) is 0 Å². The van der Waals surface area contributed by atoms with Crippen LogP contribution in [0.3, 0.4) is 0 Å². The van der Waals surface area contributed by atoms with E-state index in [4.69, 9.17) is 0 Å². The van der Waals surface area contributed by atoms with E-state index in [2.05, 4.69) is 0 Å². The Bertz CT molecular complexity index is 385. The first kappa shape index (κ1) is 7.34. The molecule has 1 aromatic rings. The number of benzene rings is 1. The summed E-state index contributed by atoms with van der Waals surface area (Å²) in [5, 5.41) is 0. The van der Waals surface area contributed by atoms with Gasteiger partial charge in [-0.1, -0.05) is 0 Å². The number of fused-ring (bicyclic) bond motifs is 1. The van der Waals surface area contributed by atoms with Crippen LogP contribution >= 0.6 is 0 Å². The fourth-order valence-corrected chi connectivity index (χ4v) is 1.17. The van der Waals surface area contributed by atoms with Gasteiger partial charge in [-0.2, -0.15) is 0 Å². The second-order valence-corrected chi connectivity index (χ2v) is 2.61. The number of carbonyl (C=O) groups is 1. The minimum absolute atomic E-state index is 0.00759. The van der Waals surface area contributed by atoms with Crippen LogP contribution in [0.4, 0.5) is 13.2 Å². The lowest BCUT2D eigenvalue weighted by atomic mass is 10.2. The summed E-state index contributed by atoms with van der Waals surface area (Å²) in [6.45, 7) is 0. The van der Waals surface area contributed by atoms with Gasteiger partial charge in [0.1, 0.15) is 5.82 Å². The third-order valence-corrected chi connectivity index (χ3v) is 1.91. The highest BCUT2D eigenvalue weighted by Gasteiger charge is 2.32. The van der Waals surface area contributed by atoms with Crippen LogP contribution in [0.2, 0.25) is 0 Å². The number of hydrogen-bond donors (Lipinski definition) is 0. The normalized spacial score (nSPS) is 12.6. The molecule has 0 amide bonds. The van der Waals surface area contributed by atoms with Crippen LogP contribution in [0.5, 0.6) is 0 Å². The molecule has 0 saturated heterocycles. The molecule has 0 saturated carbocycles. The predicted molar refractivity (Wildman–Crippen MR) is 34.5 cm³/mol. The summed E-state index contributed by atoms with van der Waals surface area (Å²) < 4.78 is 38.3. The van der Waals surface area contributed by atoms with Crippen LogP contribution in [-0.2, 0) is 6.42 Å². The second-order valence-electron chi connectivity index (χ2n) is 2.61. The number of hydrogen-bond acceptors (Lipinski definition) is 1. The molecule has 1 aromatic carbocycles. The van der Waals surface area contributed by atoms with E-state index >= 15 is 0 Å². The van der Waals surface area contributed by atoms with Crippen molar-refractivity contribution in [2.75, 3.05) is 0 Å². The molecule has 0 aromatic heterocycles. The fraction of sp³-hybridized carbons (Fsp3) is 0.125. The van der Waals surface area contributed by atoms with E-state index < -0.39 is 23.0 Å². The van der Waals surface area contributed by atoms with Crippen LogP contribution < -0.4 is 0 Å². The standard InChI is InChI=1S/C8H3F3O/c9-6-3-1-4(3)7(10)8(11)5(6)2-12/h2H,1H2. The van der Waals surface area contributed by atoms with E-state index in [0.29, 0.717) is 0 Å². The topological polar surface area (TPSA) is 17.1 Å². The van der Waals surface area contributed by atoms with Crippen molar-refractivity contribution < 1.29 is 18.0 Å². The molecule has 62 valence electrons. The molecule has 0 bridgehead atoms. The Morgan fingerprint density at radius 2 is 1.58 bits per heavy atom.